The number of nitrogens with zero attached hydrogens (tertiary/aromatic N) is 1. The van der Waals surface area contributed by atoms with Crippen molar-refractivity contribution in [2.24, 2.45) is 11.3 Å². The highest BCUT2D eigenvalue weighted by molar-refractivity contribution is 4.94. The highest BCUT2D eigenvalue weighted by Gasteiger charge is 2.41. The van der Waals surface area contributed by atoms with Crippen molar-refractivity contribution in [1.82, 2.24) is 10.2 Å². The van der Waals surface area contributed by atoms with Crippen LogP contribution < -0.4 is 5.32 Å². The van der Waals surface area contributed by atoms with Gasteiger partial charge >= 0.3 is 0 Å². The fraction of sp³-hybridized carbons (Fsp3) is 1.00. The average molecular weight is 198 g/mol. The van der Waals surface area contributed by atoms with Crippen molar-refractivity contribution in [3.05, 3.63) is 0 Å². The topological polar surface area (TPSA) is 35.5 Å². The van der Waals surface area contributed by atoms with Crippen molar-refractivity contribution in [2.45, 2.75) is 19.3 Å². The van der Waals surface area contributed by atoms with Gasteiger partial charge in [0.15, 0.2) is 0 Å². The van der Waals surface area contributed by atoms with Crippen LogP contribution in [-0.4, -0.2) is 49.8 Å². The summed E-state index contributed by atoms with van der Waals surface area (Å²) in [7, 11) is 2.19. The molecule has 0 aromatic carbocycles. The molecule has 2 N–H and O–H groups in total. The molecule has 2 fully saturated rings. The Morgan fingerprint density at radius 3 is 2.79 bits per heavy atom. The molecule has 0 aromatic heterocycles. The van der Waals surface area contributed by atoms with Gasteiger partial charge in [-0.3, -0.25) is 0 Å². The third kappa shape index (κ3) is 2.47. The predicted molar refractivity (Wildman–Crippen MR) is 57.2 cm³/mol. The van der Waals surface area contributed by atoms with Crippen LogP contribution in [0.5, 0.6) is 0 Å². The molecule has 1 heterocycles. The molecule has 0 spiro atoms. The Morgan fingerprint density at radius 2 is 2.29 bits per heavy atom. The molecule has 82 valence electrons. The van der Waals surface area contributed by atoms with Crippen molar-refractivity contribution >= 4 is 0 Å². The maximum absolute atomic E-state index is 9.14. The van der Waals surface area contributed by atoms with Gasteiger partial charge < -0.3 is 15.3 Å². The Balaban J connectivity index is 1.59. The molecule has 1 atom stereocenters. The van der Waals surface area contributed by atoms with Crippen LogP contribution in [0, 0.1) is 11.3 Å². The molecular formula is C11H22N2O. The summed E-state index contributed by atoms with van der Waals surface area (Å²) in [6.07, 6.45) is 3.75. The van der Waals surface area contributed by atoms with Crippen LogP contribution in [0.1, 0.15) is 19.3 Å². The Labute approximate surface area is 86.5 Å². The predicted octanol–water partition coefficient (Wildman–Crippen LogP) is 0.300. The lowest BCUT2D eigenvalue weighted by atomic mass is 10.1. The van der Waals surface area contributed by atoms with Gasteiger partial charge in [0.05, 0.1) is 0 Å². The van der Waals surface area contributed by atoms with Gasteiger partial charge in [-0.25, -0.2) is 0 Å². The van der Waals surface area contributed by atoms with Crippen LogP contribution in [0.2, 0.25) is 0 Å². The second-order valence-electron chi connectivity index (χ2n) is 5.21. The molecule has 0 bridgehead atoms. The highest BCUT2D eigenvalue weighted by atomic mass is 16.3. The molecule has 1 saturated carbocycles. The summed E-state index contributed by atoms with van der Waals surface area (Å²) in [5, 5.41) is 12.7. The van der Waals surface area contributed by atoms with Crippen LogP contribution >= 0.6 is 0 Å². The molecule has 1 saturated heterocycles. The summed E-state index contributed by atoms with van der Waals surface area (Å²) >= 11 is 0. The minimum Gasteiger partial charge on any atom is -0.396 e. The summed E-state index contributed by atoms with van der Waals surface area (Å²) in [5.41, 5.74) is 0.268. The van der Waals surface area contributed by atoms with Gasteiger partial charge in [-0.05, 0) is 45.3 Å². The molecular weight excluding hydrogens is 176 g/mol. The van der Waals surface area contributed by atoms with Crippen LogP contribution in [0.15, 0.2) is 0 Å². The number of hydrogen-bond donors (Lipinski definition) is 2. The number of likely N-dealkylation sites (tertiary alicyclic amines) is 1. The second kappa shape index (κ2) is 4.17. The van der Waals surface area contributed by atoms with Gasteiger partial charge in [0, 0.05) is 25.1 Å². The van der Waals surface area contributed by atoms with Crippen molar-refractivity contribution in [1.29, 1.82) is 0 Å². The molecule has 1 unspecified atom stereocenters. The zero-order valence-corrected chi connectivity index (χ0v) is 9.13. The average Bonchev–Trinajstić information content (AvgIpc) is 2.84. The van der Waals surface area contributed by atoms with Crippen molar-refractivity contribution in [2.75, 3.05) is 39.8 Å². The number of aliphatic hydroxyl groups is 1. The first kappa shape index (κ1) is 10.4. The molecule has 2 aliphatic rings. The van der Waals surface area contributed by atoms with Gasteiger partial charge in [-0.15, -0.1) is 0 Å². The van der Waals surface area contributed by atoms with Crippen molar-refractivity contribution in [3.63, 3.8) is 0 Å². The van der Waals surface area contributed by atoms with E-state index in [0.717, 1.165) is 19.0 Å². The fourth-order valence-electron chi connectivity index (χ4n) is 2.30. The van der Waals surface area contributed by atoms with E-state index < -0.39 is 0 Å². The van der Waals surface area contributed by atoms with E-state index >= 15 is 0 Å². The maximum Gasteiger partial charge on any atom is 0.0499 e. The normalized spacial score (nSPS) is 30.9. The quantitative estimate of drug-likeness (QED) is 0.667. The van der Waals surface area contributed by atoms with Crippen molar-refractivity contribution in [3.8, 4) is 0 Å². The lowest BCUT2D eigenvalue weighted by molar-refractivity contribution is 0.206. The molecule has 0 aromatic rings. The smallest absolute Gasteiger partial charge is 0.0499 e. The maximum atomic E-state index is 9.14. The lowest BCUT2D eigenvalue weighted by Crippen LogP contribution is -2.31. The molecule has 3 heteroatoms. The molecule has 3 nitrogen and oxygen atoms in total. The van der Waals surface area contributed by atoms with Gasteiger partial charge in [-0.1, -0.05) is 0 Å². The van der Waals surface area contributed by atoms with E-state index in [-0.39, 0.29) is 5.41 Å². The number of hydrogen-bond acceptors (Lipinski definition) is 3. The van der Waals surface area contributed by atoms with Gasteiger partial charge in [-0.2, -0.15) is 0 Å². The van der Waals surface area contributed by atoms with E-state index in [2.05, 4.69) is 17.3 Å². The lowest BCUT2D eigenvalue weighted by Gasteiger charge is -2.15. The van der Waals surface area contributed by atoms with Crippen molar-refractivity contribution < 1.29 is 5.11 Å². The minimum absolute atomic E-state index is 0.268. The molecule has 0 radical (unpaired) electrons. The Kier molecular flexibility index (Phi) is 3.10. The number of aliphatic hydroxyl groups excluding tert-OH is 1. The van der Waals surface area contributed by atoms with Crippen LogP contribution in [-0.2, 0) is 0 Å². The van der Waals surface area contributed by atoms with Gasteiger partial charge in [0.1, 0.15) is 0 Å². The zero-order valence-electron chi connectivity index (χ0n) is 9.13. The summed E-state index contributed by atoms with van der Waals surface area (Å²) in [4.78, 5) is 2.39. The Hall–Kier alpha value is -0.120. The monoisotopic (exact) mass is 198 g/mol. The van der Waals surface area contributed by atoms with E-state index in [4.69, 9.17) is 5.11 Å². The first-order valence-electron chi connectivity index (χ1n) is 5.74. The summed E-state index contributed by atoms with van der Waals surface area (Å²) < 4.78 is 0. The van der Waals surface area contributed by atoms with Gasteiger partial charge in [0.25, 0.3) is 0 Å². The second-order valence-corrected chi connectivity index (χ2v) is 5.21. The summed E-state index contributed by atoms with van der Waals surface area (Å²) in [6, 6.07) is 0. The molecule has 14 heavy (non-hydrogen) atoms. The Morgan fingerprint density at radius 1 is 1.50 bits per heavy atom. The van der Waals surface area contributed by atoms with Crippen LogP contribution in [0.4, 0.5) is 0 Å². The SMILES string of the molecule is CN1CCC(CNCC2(CO)CC2)C1. The molecule has 2 rings (SSSR count). The Bertz CT molecular complexity index is 192. The highest BCUT2D eigenvalue weighted by Crippen LogP contribution is 2.44. The first-order chi connectivity index (χ1) is 6.74. The standard InChI is InChI=1S/C11H22N2O/c1-13-5-2-10(7-13)6-12-8-11(9-14)3-4-11/h10,12,14H,2-9H2,1H3. The number of rotatable bonds is 5. The van der Waals surface area contributed by atoms with E-state index in [0.29, 0.717) is 6.61 Å². The largest absolute Gasteiger partial charge is 0.396 e. The molecule has 0 amide bonds. The fourth-order valence-corrected chi connectivity index (χ4v) is 2.30. The van der Waals surface area contributed by atoms with Gasteiger partial charge in [0.2, 0.25) is 0 Å². The van der Waals surface area contributed by atoms with E-state index in [1.165, 1.54) is 32.4 Å². The number of nitrogens with one attached hydrogen (secondary N) is 1. The van der Waals surface area contributed by atoms with E-state index in [9.17, 15) is 0 Å². The summed E-state index contributed by atoms with van der Waals surface area (Å²) in [5.74, 6) is 0.828. The third-order valence-electron chi connectivity index (χ3n) is 3.71. The molecule has 1 aliphatic heterocycles. The summed E-state index contributed by atoms with van der Waals surface area (Å²) in [6.45, 7) is 5.00. The van der Waals surface area contributed by atoms with E-state index in [1.807, 2.05) is 0 Å². The van der Waals surface area contributed by atoms with Crippen LogP contribution in [0.3, 0.4) is 0 Å². The minimum atomic E-state index is 0.268. The zero-order chi connectivity index (χ0) is 10.0. The van der Waals surface area contributed by atoms with E-state index in [1.54, 1.807) is 0 Å². The van der Waals surface area contributed by atoms with Crippen LogP contribution in [0.25, 0.3) is 0 Å². The molecule has 1 aliphatic carbocycles. The third-order valence-corrected chi connectivity index (χ3v) is 3.71. The first-order valence-corrected chi connectivity index (χ1v) is 5.74.